The smallest absolute Gasteiger partial charge is 0.410 e. The monoisotopic (exact) mass is 2220 g/mol. The van der Waals surface area contributed by atoms with Crippen molar-refractivity contribution in [1.82, 2.24) is 30.4 Å². The van der Waals surface area contributed by atoms with E-state index in [9.17, 15) is 53.4 Å². The molecule has 19 rings (SSSR count). The van der Waals surface area contributed by atoms with E-state index in [4.69, 9.17) is 181 Å². The third-order valence-electron chi connectivity index (χ3n) is 27.1. The van der Waals surface area contributed by atoms with E-state index in [1.54, 1.807) is 112 Å². The molecule has 10 aliphatic rings. The molecule has 0 spiro atoms. The second kappa shape index (κ2) is 46.6. The second-order valence-corrected chi connectivity index (χ2v) is 45.9. The van der Waals surface area contributed by atoms with Gasteiger partial charge in [0.2, 0.25) is 0 Å². The molecule has 4 saturated heterocycles. The Morgan fingerprint density at radius 2 is 0.708 bits per heavy atom. The number of carbonyl (C=O) groups is 9. The van der Waals surface area contributed by atoms with Gasteiger partial charge in [-0.05, 0) is 250 Å². The summed E-state index contributed by atoms with van der Waals surface area (Å²) in [5.74, 6) is -0.0585. The minimum absolute atomic E-state index is 0.0122. The summed E-state index contributed by atoms with van der Waals surface area (Å²) in [6, 6.07) is 25.6. The molecule has 6 aliphatic carbocycles. The number of aliphatic hydroxyl groups is 1. The molecular weight excluding hydrogens is 2110 g/mol. The summed E-state index contributed by atoms with van der Waals surface area (Å²) < 4.78 is 48.8. The summed E-state index contributed by atoms with van der Waals surface area (Å²) in [6.45, 7) is 29.0. The fourth-order valence-electron chi connectivity index (χ4n) is 17.1. The van der Waals surface area contributed by atoms with Gasteiger partial charge in [-0.15, -0.1) is 0 Å². The number of hydrogen-bond donors (Lipinski definition) is 3. The van der Waals surface area contributed by atoms with Gasteiger partial charge in [0.15, 0.2) is 28.2 Å². The van der Waals surface area contributed by atoms with Crippen LogP contribution in [-0.4, -0.2) is 165 Å². The number of carbonyl (C=O) groups excluding carboxylic acids is 8. The highest BCUT2D eigenvalue weighted by Crippen LogP contribution is 2.57. The van der Waals surface area contributed by atoms with Crippen LogP contribution in [0.3, 0.4) is 0 Å². The Labute approximate surface area is 895 Å². The van der Waals surface area contributed by atoms with Crippen LogP contribution in [0.1, 0.15) is 309 Å². The predicted molar refractivity (Wildman–Crippen MR) is 553 cm³/mol. The number of amides is 2. The number of aliphatic hydroxyl groups excluding tert-OH is 1. The Morgan fingerprint density at radius 3 is 0.986 bits per heavy atom. The van der Waals surface area contributed by atoms with Gasteiger partial charge in [-0.25, -0.2) is 24.0 Å². The number of hydrogen-bond acceptors (Lipinski definition) is 25. The van der Waals surface area contributed by atoms with Gasteiger partial charge < -0.3 is 67.0 Å². The van der Waals surface area contributed by atoms with Gasteiger partial charge in [-0.3, -0.25) is 19.2 Å². The van der Waals surface area contributed by atoms with Gasteiger partial charge in [0.05, 0.1) is 75.1 Å². The predicted octanol–water partition coefficient (Wildman–Crippen LogP) is 29.1. The van der Waals surface area contributed by atoms with Gasteiger partial charge in [0.1, 0.15) is 80.3 Å². The third kappa shape index (κ3) is 27.5. The lowest BCUT2D eigenvalue weighted by atomic mass is 9.97. The Kier molecular flexibility index (Phi) is 36.9. The molecule has 3 N–H and O–H groups in total. The Hall–Kier alpha value is -8.72. The number of benzene rings is 5. The van der Waals surface area contributed by atoms with Crippen molar-refractivity contribution in [3.05, 3.63) is 192 Å². The van der Waals surface area contributed by atoms with Crippen molar-refractivity contribution in [1.29, 1.82) is 0 Å². The molecule has 4 aliphatic heterocycles. The van der Waals surface area contributed by atoms with E-state index < -0.39 is 40.3 Å². The minimum Gasteiger partial charge on any atom is -0.477 e. The number of carboxylic acids is 1. The van der Waals surface area contributed by atoms with Crippen molar-refractivity contribution in [2.45, 2.75) is 308 Å². The Bertz CT molecular complexity index is 6080. The molecule has 8 heterocycles. The van der Waals surface area contributed by atoms with Crippen LogP contribution < -0.4 is 0 Å². The average molecular weight is 2220 g/mol. The number of rotatable bonds is 20. The molecule has 144 heavy (non-hydrogen) atoms. The Morgan fingerprint density at radius 1 is 0.417 bits per heavy atom. The van der Waals surface area contributed by atoms with Gasteiger partial charge in [-0.1, -0.05) is 225 Å². The van der Waals surface area contributed by atoms with E-state index in [2.05, 4.69) is 30.5 Å². The third-order valence-corrected chi connectivity index (χ3v) is 30.7. The van der Waals surface area contributed by atoms with Crippen molar-refractivity contribution in [2.24, 2.45) is 16.0 Å². The molecular formula is C104H115Cl12N7O21. The van der Waals surface area contributed by atoms with Crippen molar-refractivity contribution in [2.75, 3.05) is 13.2 Å². The maximum absolute atomic E-state index is 13.6. The summed E-state index contributed by atoms with van der Waals surface area (Å²) in [5.41, 5.74) is 2.34. The largest absolute Gasteiger partial charge is 0.477 e. The number of nitrogens with zero attached hydrogens (tertiary/aromatic N) is 7. The van der Waals surface area contributed by atoms with Crippen molar-refractivity contribution < 1.29 is 100 Å². The number of oxime groups is 1. The number of esters is 3. The Balaban J connectivity index is 0.000000152. The van der Waals surface area contributed by atoms with Crippen LogP contribution in [0.5, 0.6) is 0 Å². The zero-order valence-electron chi connectivity index (χ0n) is 82.2. The number of halogens is 12. The first-order valence-corrected chi connectivity index (χ1v) is 51.9. The first-order valence-electron chi connectivity index (χ1n) is 47.4. The number of aromatic carboxylic acids is 1. The normalized spacial score (nSPS) is 20.4. The number of carboxylic acid groups (broad SMARTS) is 1. The second-order valence-electron chi connectivity index (χ2n) is 41.1. The minimum atomic E-state index is -1.08. The highest BCUT2D eigenvalue weighted by molar-refractivity contribution is 6.71. The summed E-state index contributed by atoms with van der Waals surface area (Å²) in [6.07, 6.45) is 16.6. The highest BCUT2D eigenvalue weighted by atomic mass is 35.5. The molecule has 10 fully saturated rings. The summed E-state index contributed by atoms with van der Waals surface area (Å²) in [5, 5.41) is 49.6. The van der Waals surface area contributed by atoms with Crippen LogP contribution in [-0.2, 0) is 59.7 Å². The summed E-state index contributed by atoms with van der Waals surface area (Å²) in [4.78, 5) is 111. The SMILES string of the molecule is CC(=O)C1(C)CC1.CC(C)(C)OC(=O)N1[C@@H]2CC[C@H]1CC(O)C2.CC(C)(C)OC(=O)N1[C@@H]2CC[C@H]1CC(OC(=O)c1c(-c3c(Cl)cccc3Cl)noc1C1(C)CC1)C2.CC1(c2onc(-c3c(Cl)cccc3Cl)c2C(=O)Cl)CC1.CC1(c2onc(-c3c(Cl)cccc3Cl)c2C(=O)O)CC1.CCOC(=O)CC(=O)C1(C)CC1.CCOC(=O)c1c(-c2c(Cl)cccc2Cl)noc1C1(C)CC1.O/N=C(\Cl)c1c(Cl)cccc1Cl. The molecule has 0 radical (unpaired) electrons. The summed E-state index contributed by atoms with van der Waals surface area (Å²) in [7, 11) is 0. The average Bonchev–Trinajstić information content (AvgIpc) is 1.55. The van der Waals surface area contributed by atoms with E-state index in [1.165, 1.54) is 0 Å². The van der Waals surface area contributed by atoms with E-state index in [0.29, 0.717) is 167 Å². The quantitative estimate of drug-likeness (QED) is 0.0121. The molecule has 9 aromatic rings. The van der Waals surface area contributed by atoms with Crippen LogP contribution >= 0.6 is 139 Å². The molecule has 2 unspecified atom stereocenters. The molecule has 6 atom stereocenters. The first kappa shape index (κ1) is 114. The standard InChI is InChI=1S/C26H30Cl2N2O5.C16H15Cl2NO3.C14H10Cl3NO2.C14H11Cl2NO3.C12H21NO3.C9H14O3.C7H4Cl3NO.C6H10O/c1-25(2,3)34-24(32)30-14-8-9-15(30)13-16(12-14)33-23(31)20-21(19-17(27)6-5-7-18(19)28)29-35-22(20)26(4)10-11-26;1-3-21-15(20)12-13(11-9(17)5-4-6-10(11)18)19-22-14(12)16(2)7-8-16;1-14(5-6-14)12-10(13(17)19)11(18-20-12)9-7(15)3-2-4-8(9)16;1-14(5-6-14)12-10(13(18)19)11(17-20-12)9-7(15)3-2-4-8(9)16;1-12(2,3)16-11(15)13-8-4-5-9(13)7-10(14)6-8;1-3-12-8(11)6-7(10)9(2)4-5-9;8-4-2-1-3-5(9)6(4)7(10)11-12;1-5(7)6(2)3-4-6/h5-7,14-16H,8-13H2,1-4H3;4-6H,3,7-8H2,1-2H3;2-4H,5-6H2,1H3;2-4H,5-6H2,1H3,(H,18,19);8-10,14H,4-7H2,1-3H3;3-6H2,1-2H3;1-3,12H;3-4H2,1-2H3/b;;;;;;11-7-;/t14-,15+,16?;;;;8-,9+,10?;;;. The number of aromatic nitrogens is 4. The number of ketones is 2. The van der Waals surface area contributed by atoms with Crippen LogP contribution in [0, 0.1) is 10.8 Å². The lowest BCUT2D eigenvalue weighted by molar-refractivity contribution is -0.146. The molecule has 6 saturated carbocycles. The number of piperidine rings is 2. The van der Waals surface area contributed by atoms with Gasteiger partial charge in [0, 0.05) is 91.8 Å². The van der Waals surface area contributed by atoms with Crippen molar-refractivity contribution in [3.63, 3.8) is 0 Å². The van der Waals surface area contributed by atoms with Crippen LogP contribution in [0.25, 0.3) is 45.0 Å². The van der Waals surface area contributed by atoms with Gasteiger partial charge >= 0.3 is 36.1 Å². The summed E-state index contributed by atoms with van der Waals surface area (Å²) >= 11 is 72.7. The molecule has 5 aromatic carbocycles. The number of fused-ring (bicyclic) bond motifs is 4. The molecule has 4 bridgehead atoms. The zero-order valence-corrected chi connectivity index (χ0v) is 91.3. The fourth-order valence-corrected chi connectivity index (χ4v) is 20.5. The number of ether oxygens (including phenoxy) is 5. The van der Waals surface area contributed by atoms with E-state index in [0.717, 1.165) is 103 Å². The van der Waals surface area contributed by atoms with Gasteiger partial charge in [-0.2, -0.15) is 0 Å². The van der Waals surface area contributed by atoms with Crippen molar-refractivity contribution >= 4 is 197 Å². The lowest BCUT2D eigenvalue weighted by Gasteiger charge is -2.39. The van der Waals surface area contributed by atoms with Gasteiger partial charge in [0.25, 0.3) is 5.24 Å². The number of Topliss-reactive ketones (excluding diaryl/α,β-unsaturated/α-hetero) is 2. The lowest BCUT2D eigenvalue weighted by Crippen LogP contribution is -2.50. The van der Waals surface area contributed by atoms with Crippen LogP contribution in [0.2, 0.25) is 50.2 Å². The van der Waals surface area contributed by atoms with Crippen LogP contribution in [0.15, 0.2) is 114 Å². The maximum atomic E-state index is 13.6. The highest BCUT2D eigenvalue weighted by Gasteiger charge is 2.54. The van der Waals surface area contributed by atoms with E-state index in [1.807, 2.05) is 92.9 Å². The van der Waals surface area contributed by atoms with E-state index >= 15 is 0 Å². The zero-order chi connectivity index (χ0) is 106. The van der Waals surface area contributed by atoms with E-state index in [-0.39, 0.29) is 122 Å². The maximum Gasteiger partial charge on any atom is 0.410 e. The molecule has 776 valence electrons. The first-order chi connectivity index (χ1) is 67.6. The topological polar surface area (TPSA) is 383 Å². The molecule has 40 heteroatoms. The molecule has 2 amide bonds. The molecule has 4 aromatic heterocycles. The fraction of sp³-hybridized carbons (Fsp3) is 0.500. The molecule has 28 nitrogen and oxygen atoms in total. The van der Waals surface area contributed by atoms with Crippen LogP contribution in [0.4, 0.5) is 9.59 Å². The van der Waals surface area contributed by atoms with Crippen molar-refractivity contribution in [3.8, 4) is 45.0 Å².